The average Bonchev–Trinajstić information content (AvgIpc) is 3.25. The molecule has 0 bridgehead atoms. The van der Waals surface area contributed by atoms with E-state index >= 15 is 0 Å². The molecular weight excluding hydrogens is 404 g/mol. The number of nitrogens with one attached hydrogen (secondary N) is 1. The van der Waals surface area contributed by atoms with E-state index in [1.54, 1.807) is 4.68 Å². The second-order valence-electron chi connectivity index (χ2n) is 8.26. The van der Waals surface area contributed by atoms with Gasteiger partial charge in [-0.3, -0.25) is 0 Å². The van der Waals surface area contributed by atoms with Gasteiger partial charge in [-0.25, -0.2) is 9.48 Å². The van der Waals surface area contributed by atoms with Crippen molar-refractivity contribution in [3.63, 3.8) is 0 Å². The third-order valence-electron chi connectivity index (χ3n) is 5.39. The van der Waals surface area contributed by atoms with Crippen LogP contribution in [-0.4, -0.2) is 27.3 Å². The highest BCUT2D eigenvalue weighted by Gasteiger charge is 2.34. The Kier molecular flexibility index (Phi) is 6.54. The number of carbonyl (C=O) groups is 1. The van der Waals surface area contributed by atoms with Crippen LogP contribution in [0.15, 0.2) is 72.2 Å². The molecule has 0 spiro atoms. The third-order valence-corrected chi connectivity index (χ3v) is 5.39. The molecule has 0 saturated carbocycles. The zero-order chi connectivity index (χ0) is 22.5. The van der Waals surface area contributed by atoms with Crippen LogP contribution in [0.1, 0.15) is 44.4 Å². The number of hydrogen-bond acceptors (Lipinski definition) is 6. The molecule has 1 aromatic heterocycles. The number of anilines is 1. The maximum Gasteiger partial charge on any atom is 0.338 e. The lowest BCUT2D eigenvalue weighted by Crippen LogP contribution is -2.29. The molecule has 1 N–H and O–H groups in total. The van der Waals surface area contributed by atoms with Crippen LogP contribution in [0.2, 0.25) is 0 Å². The molecule has 0 saturated heterocycles. The van der Waals surface area contributed by atoms with E-state index in [9.17, 15) is 4.79 Å². The lowest BCUT2D eigenvalue weighted by atomic mass is 9.95. The molecule has 2 heterocycles. The summed E-state index contributed by atoms with van der Waals surface area (Å²) >= 11 is 0. The molecule has 7 nitrogen and oxygen atoms in total. The Labute approximate surface area is 188 Å². The summed E-state index contributed by atoms with van der Waals surface area (Å²) in [5, 5.41) is 7.52. The van der Waals surface area contributed by atoms with E-state index in [1.807, 2.05) is 61.5 Å². The zero-order valence-electron chi connectivity index (χ0n) is 18.6. The minimum atomic E-state index is -0.443. The predicted molar refractivity (Wildman–Crippen MR) is 122 cm³/mol. The van der Waals surface area contributed by atoms with Crippen molar-refractivity contribution < 1.29 is 14.3 Å². The van der Waals surface area contributed by atoms with Crippen molar-refractivity contribution in [1.82, 2.24) is 14.8 Å². The Morgan fingerprint density at radius 1 is 1.12 bits per heavy atom. The molecule has 0 amide bonds. The Balaban J connectivity index is 1.57. The predicted octanol–water partition coefficient (Wildman–Crippen LogP) is 4.74. The lowest BCUT2D eigenvalue weighted by Gasteiger charge is -2.28. The number of nitrogens with zero attached hydrogens (tertiary/aromatic N) is 3. The second-order valence-corrected chi connectivity index (χ2v) is 8.26. The first-order chi connectivity index (χ1) is 15.5. The van der Waals surface area contributed by atoms with Crippen LogP contribution in [0.5, 0.6) is 5.75 Å². The normalized spacial score (nSPS) is 15.3. The third kappa shape index (κ3) is 4.82. The van der Waals surface area contributed by atoms with Crippen molar-refractivity contribution in [2.45, 2.75) is 39.8 Å². The van der Waals surface area contributed by atoms with Crippen molar-refractivity contribution in [2.24, 2.45) is 5.92 Å². The molecular formula is C25H28N4O3. The van der Waals surface area contributed by atoms with Gasteiger partial charge >= 0.3 is 5.97 Å². The monoisotopic (exact) mass is 432 g/mol. The first kappa shape index (κ1) is 21.6. The molecule has 4 rings (SSSR count). The van der Waals surface area contributed by atoms with Gasteiger partial charge in [0.2, 0.25) is 5.95 Å². The SMILES string of the molecule is CC1=C(C(=O)OCc2ccccc2)C(c2ccc(OCCC(C)C)cc2)n2ncnc2N1. The van der Waals surface area contributed by atoms with Gasteiger partial charge in [-0.05, 0) is 42.5 Å². The van der Waals surface area contributed by atoms with E-state index in [4.69, 9.17) is 9.47 Å². The van der Waals surface area contributed by atoms with Gasteiger partial charge in [0.05, 0.1) is 12.2 Å². The van der Waals surface area contributed by atoms with E-state index in [-0.39, 0.29) is 12.6 Å². The number of allylic oxidation sites excluding steroid dienone is 1. The fraction of sp³-hybridized carbons (Fsp3) is 0.320. The van der Waals surface area contributed by atoms with Crippen molar-refractivity contribution in [3.8, 4) is 5.75 Å². The molecule has 166 valence electrons. The van der Waals surface area contributed by atoms with Crippen molar-refractivity contribution >= 4 is 11.9 Å². The van der Waals surface area contributed by atoms with Gasteiger partial charge in [0.25, 0.3) is 0 Å². The topological polar surface area (TPSA) is 78.3 Å². The summed E-state index contributed by atoms with van der Waals surface area (Å²) in [5.74, 6) is 1.59. The van der Waals surface area contributed by atoms with Crippen LogP contribution in [0.3, 0.4) is 0 Å². The molecule has 1 aliphatic heterocycles. The fourth-order valence-corrected chi connectivity index (χ4v) is 3.62. The molecule has 0 fully saturated rings. The fourth-order valence-electron chi connectivity index (χ4n) is 3.62. The van der Waals surface area contributed by atoms with E-state index in [2.05, 4.69) is 29.2 Å². The van der Waals surface area contributed by atoms with Crippen LogP contribution in [0, 0.1) is 5.92 Å². The molecule has 0 radical (unpaired) electrons. The minimum absolute atomic E-state index is 0.204. The zero-order valence-corrected chi connectivity index (χ0v) is 18.6. The molecule has 1 atom stereocenters. The number of benzene rings is 2. The highest BCUT2D eigenvalue weighted by Crippen LogP contribution is 2.35. The molecule has 0 aliphatic carbocycles. The number of ether oxygens (including phenoxy) is 2. The number of fused-ring (bicyclic) bond motifs is 1. The lowest BCUT2D eigenvalue weighted by molar-refractivity contribution is -0.140. The van der Waals surface area contributed by atoms with Gasteiger partial charge in [0.15, 0.2) is 0 Å². The second kappa shape index (κ2) is 9.68. The van der Waals surface area contributed by atoms with Gasteiger partial charge in [0, 0.05) is 5.70 Å². The van der Waals surface area contributed by atoms with Crippen LogP contribution >= 0.6 is 0 Å². The van der Waals surface area contributed by atoms with Crippen LogP contribution in [0.25, 0.3) is 0 Å². The van der Waals surface area contributed by atoms with E-state index in [1.165, 1.54) is 6.33 Å². The highest BCUT2D eigenvalue weighted by atomic mass is 16.5. The number of rotatable bonds is 8. The maximum absolute atomic E-state index is 13.2. The van der Waals surface area contributed by atoms with E-state index in [0.717, 1.165) is 23.3 Å². The van der Waals surface area contributed by atoms with Gasteiger partial charge in [-0.15, -0.1) is 0 Å². The van der Waals surface area contributed by atoms with Crippen LogP contribution < -0.4 is 10.1 Å². The maximum atomic E-state index is 13.2. The molecule has 1 aliphatic rings. The summed E-state index contributed by atoms with van der Waals surface area (Å²) in [5.41, 5.74) is 3.04. The van der Waals surface area contributed by atoms with E-state index in [0.29, 0.717) is 29.7 Å². The largest absolute Gasteiger partial charge is 0.494 e. The van der Waals surface area contributed by atoms with Crippen molar-refractivity contribution in [1.29, 1.82) is 0 Å². The molecule has 1 unspecified atom stereocenters. The summed E-state index contributed by atoms with van der Waals surface area (Å²) < 4.78 is 13.2. The van der Waals surface area contributed by atoms with Crippen LogP contribution in [-0.2, 0) is 16.1 Å². The molecule has 7 heteroatoms. The Morgan fingerprint density at radius 2 is 1.88 bits per heavy atom. The Bertz CT molecular complexity index is 1090. The number of esters is 1. The Hall–Kier alpha value is -3.61. The van der Waals surface area contributed by atoms with Gasteiger partial charge in [-0.1, -0.05) is 56.3 Å². The summed E-state index contributed by atoms with van der Waals surface area (Å²) in [6, 6.07) is 17.0. The summed E-state index contributed by atoms with van der Waals surface area (Å²) in [7, 11) is 0. The minimum Gasteiger partial charge on any atom is -0.494 e. The number of hydrogen-bond donors (Lipinski definition) is 1. The number of carbonyl (C=O) groups excluding carboxylic acids is 1. The standard InChI is InChI=1S/C25H28N4O3/c1-17(2)13-14-31-21-11-9-20(10-12-21)23-22(18(3)28-25-26-16-27-29(23)25)24(30)32-15-19-7-5-4-6-8-19/h4-12,16-17,23H,13-15H2,1-3H3,(H,26,27,28). The summed E-state index contributed by atoms with van der Waals surface area (Å²) in [6.07, 6.45) is 2.47. The summed E-state index contributed by atoms with van der Waals surface area (Å²) in [6.45, 7) is 7.08. The smallest absolute Gasteiger partial charge is 0.338 e. The molecule has 3 aromatic rings. The highest BCUT2D eigenvalue weighted by molar-refractivity contribution is 5.92. The van der Waals surface area contributed by atoms with Gasteiger partial charge in [0.1, 0.15) is 24.7 Å². The molecule has 2 aromatic carbocycles. The Morgan fingerprint density at radius 3 is 2.59 bits per heavy atom. The molecule has 32 heavy (non-hydrogen) atoms. The van der Waals surface area contributed by atoms with Crippen molar-refractivity contribution in [3.05, 3.63) is 83.3 Å². The van der Waals surface area contributed by atoms with Gasteiger partial charge in [-0.2, -0.15) is 10.1 Å². The van der Waals surface area contributed by atoms with Gasteiger partial charge < -0.3 is 14.8 Å². The van der Waals surface area contributed by atoms with E-state index < -0.39 is 6.04 Å². The average molecular weight is 433 g/mol. The first-order valence-electron chi connectivity index (χ1n) is 10.8. The quantitative estimate of drug-likeness (QED) is 0.518. The van der Waals surface area contributed by atoms with Crippen LogP contribution in [0.4, 0.5) is 5.95 Å². The first-order valence-corrected chi connectivity index (χ1v) is 10.8. The number of aromatic nitrogens is 3. The van der Waals surface area contributed by atoms with Crippen molar-refractivity contribution in [2.75, 3.05) is 11.9 Å². The summed E-state index contributed by atoms with van der Waals surface area (Å²) in [4.78, 5) is 17.4.